The second kappa shape index (κ2) is 5.31. The molecule has 0 saturated carbocycles. The van der Waals surface area contributed by atoms with E-state index in [0.717, 1.165) is 25.0 Å². The quantitative estimate of drug-likeness (QED) is 0.896. The number of fused-ring (bicyclic) bond motifs is 1. The summed E-state index contributed by atoms with van der Waals surface area (Å²) in [5.74, 6) is 0. The van der Waals surface area contributed by atoms with E-state index < -0.39 is 0 Å². The molecule has 19 heavy (non-hydrogen) atoms. The highest BCUT2D eigenvalue weighted by atomic mass is 15.1. The van der Waals surface area contributed by atoms with Crippen LogP contribution in [0.5, 0.6) is 0 Å². The molecule has 0 unspecified atom stereocenters. The minimum Gasteiger partial charge on any atom is -0.334 e. The van der Waals surface area contributed by atoms with Gasteiger partial charge in [0.25, 0.3) is 0 Å². The summed E-state index contributed by atoms with van der Waals surface area (Å²) < 4.78 is 2.04. The summed E-state index contributed by atoms with van der Waals surface area (Å²) >= 11 is 0. The molecule has 104 valence electrons. The maximum atomic E-state index is 6.01. The van der Waals surface area contributed by atoms with Crippen molar-refractivity contribution in [3.8, 4) is 0 Å². The molecule has 0 amide bonds. The SMILES string of the molecule is CN(CCC(C)(C)N)Cc1ccc2c(c1)ncn2C. The fourth-order valence-electron chi connectivity index (χ4n) is 2.15. The van der Waals surface area contributed by atoms with Gasteiger partial charge in [-0.1, -0.05) is 6.07 Å². The highest BCUT2D eigenvalue weighted by Gasteiger charge is 2.12. The molecular weight excluding hydrogens is 236 g/mol. The van der Waals surface area contributed by atoms with Crippen molar-refractivity contribution in [1.29, 1.82) is 0 Å². The van der Waals surface area contributed by atoms with Gasteiger partial charge in [-0.2, -0.15) is 0 Å². The lowest BCUT2D eigenvalue weighted by Gasteiger charge is -2.23. The van der Waals surface area contributed by atoms with Crippen LogP contribution in [0.1, 0.15) is 25.8 Å². The minimum absolute atomic E-state index is 0.0980. The second-order valence-electron chi connectivity index (χ2n) is 6.15. The number of hydrogen-bond acceptors (Lipinski definition) is 3. The smallest absolute Gasteiger partial charge is 0.0955 e. The van der Waals surface area contributed by atoms with Crippen molar-refractivity contribution in [2.45, 2.75) is 32.4 Å². The van der Waals surface area contributed by atoms with Crippen LogP contribution in [-0.4, -0.2) is 33.6 Å². The molecule has 2 aromatic rings. The van der Waals surface area contributed by atoms with Gasteiger partial charge >= 0.3 is 0 Å². The Bertz CT molecular complexity index is 551. The molecule has 0 aliphatic carbocycles. The number of imidazole rings is 1. The third kappa shape index (κ3) is 3.78. The van der Waals surface area contributed by atoms with Gasteiger partial charge in [-0.25, -0.2) is 4.98 Å². The Morgan fingerprint density at radius 3 is 2.79 bits per heavy atom. The monoisotopic (exact) mass is 260 g/mol. The van der Waals surface area contributed by atoms with Gasteiger partial charge in [0.1, 0.15) is 0 Å². The molecule has 0 aliphatic rings. The number of aromatic nitrogens is 2. The molecule has 0 spiro atoms. The van der Waals surface area contributed by atoms with Crippen molar-refractivity contribution in [3.05, 3.63) is 30.1 Å². The summed E-state index contributed by atoms with van der Waals surface area (Å²) in [7, 11) is 4.15. The minimum atomic E-state index is -0.0980. The number of nitrogens with zero attached hydrogens (tertiary/aromatic N) is 3. The second-order valence-corrected chi connectivity index (χ2v) is 6.15. The third-order valence-electron chi connectivity index (χ3n) is 3.38. The Hall–Kier alpha value is -1.39. The molecule has 0 aliphatic heterocycles. The van der Waals surface area contributed by atoms with Crippen LogP contribution in [-0.2, 0) is 13.6 Å². The van der Waals surface area contributed by atoms with Gasteiger partial charge in [-0.3, -0.25) is 0 Å². The van der Waals surface area contributed by atoms with Crippen LogP contribution in [0.15, 0.2) is 24.5 Å². The van der Waals surface area contributed by atoms with E-state index in [1.165, 1.54) is 11.1 Å². The van der Waals surface area contributed by atoms with Crippen LogP contribution in [0.25, 0.3) is 11.0 Å². The highest BCUT2D eigenvalue weighted by Crippen LogP contribution is 2.15. The van der Waals surface area contributed by atoms with Gasteiger partial charge in [0.05, 0.1) is 17.4 Å². The Morgan fingerprint density at radius 2 is 2.11 bits per heavy atom. The molecule has 0 saturated heterocycles. The van der Waals surface area contributed by atoms with Gasteiger partial charge in [0.2, 0.25) is 0 Å². The zero-order valence-electron chi connectivity index (χ0n) is 12.3. The van der Waals surface area contributed by atoms with Crippen LogP contribution in [0.4, 0.5) is 0 Å². The van der Waals surface area contributed by atoms with E-state index >= 15 is 0 Å². The molecule has 4 nitrogen and oxygen atoms in total. The number of benzene rings is 1. The molecule has 0 atom stereocenters. The highest BCUT2D eigenvalue weighted by molar-refractivity contribution is 5.75. The lowest BCUT2D eigenvalue weighted by molar-refractivity contribution is 0.289. The Labute approximate surface area is 115 Å². The van der Waals surface area contributed by atoms with E-state index in [-0.39, 0.29) is 5.54 Å². The molecule has 1 heterocycles. The standard InChI is InChI=1S/C15H24N4/c1-15(2,16)7-8-18(3)10-12-5-6-14-13(9-12)17-11-19(14)4/h5-6,9,11H,7-8,10,16H2,1-4H3. The maximum Gasteiger partial charge on any atom is 0.0955 e. The van der Waals surface area contributed by atoms with Crippen molar-refractivity contribution in [1.82, 2.24) is 14.5 Å². The molecule has 2 N–H and O–H groups in total. The Balaban J connectivity index is 2.00. The van der Waals surface area contributed by atoms with E-state index in [1.54, 1.807) is 0 Å². The van der Waals surface area contributed by atoms with Crippen LogP contribution < -0.4 is 5.73 Å². The topological polar surface area (TPSA) is 47.1 Å². The summed E-state index contributed by atoms with van der Waals surface area (Å²) in [4.78, 5) is 6.70. The van der Waals surface area contributed by atoms with Crippen LogP contribution in [0.2, 0.25) is 0 Å². The van der Waals surface area contributed by atoms with Crippen molar-refractivity contribution in [2.75, 3.05) is 13.6 Å². The zero-order valence-corrected chi connectivity index (χ0v) is 12.3. The normalized spacial score (nSPS) is 12.5. The lowest BCUT2D eigenvalue weighted by Crippen LogP contribution is -2.36. The van der Waals surface area contributed by atoms with Crippen molar-refractivity contribution in [2.24, 2.45) is 12.8 Å². The van der Waals surface area contributed by atoms with Gasteiger partial charge in [0, 0.05) is 19.1 Å². The van der Waals surface area contributed by atoms with Crippen molar-refractivity contribution < 1.29 is 0 Å². The largest absolute Gasteiger partial charge is 0.334 e. The van der Waals surface area contributed by atoms with Crippen molar-refractivity contribution in [3.63, 3.8) is 0 Å². The summed E-state index contributed by atoms with van der Waals surface area (Å²) in [5.41, 5.74) is 9.45. The fraction of sp³-hybridized carbons (Fsp3) is 0.533. The first-order chi connectivity index (χ1) is 8.85. The predicted molar refractivity (Wildman–Crippen MR) is 79.9 cm³/mol. The Morgan fingerprint density at radius 1 is 1.37 bits per heavy atom. The molecule has 1 aromatic heterocycles. The molecular formula is C15H24N4. The van der Waals surface area contributed by atoms with Gasteiger partial charge < -0.3 is 15.2 Å². The molecule has 1 aromatic carbocycles. The molecule has 4 heteroatoms. The average Bonchev–Trinajstić information content (AvgIpc) is 2.67. The van der Waals surface area contributed by atoms with Crippen LogP contribution >= 0.6 is 0 Å². The zero-order chi connectivity index (χ0) is 14.0. The molecule has 0 fully saturated rings. The van der Waals surface area contributed by atoms with Crippen molar-refractivity contribution >= 4 is 11.0 Å². The van der Waals surface area contributed by atoms with E-state index in [2.05, 4.69) is 49.0 Å². The van der Waals surface area contributed by atoms with Gasteiger partial charge in [-0.05, 0) is 51.6 Å². The van der Waals surface area contributed by atoms with Crippen LogP contribution in [0.3, 0.4) is 0 Å². The number of aryl methyl sites for hydroxylation is 1. The summed E-state index contributed by atoms with van der Waals surface area (Å²) in [6.07, 6.45) is 2.85. The summed E-state index contributed by atoms with van der Waals surface area (Å²) in [6.45, 7) is 6.08. The number of hydrogen-bond donors (Lipinski definition) is 1. The third-order valence-corrected chi connectivity index (χ3v) is 3.38. The predicted octanol–water partition coefficient (Wildman–Crippen LogP) is 2.13. The van der Waals surface area contributed by atoms with Crippen LogP contribution in [0, 0.1) is 0 Å². The molecule has 2 rings (SSSR count). The van der Waals surface area contributed by atoms with E-state index in [9.17, 15) is 0 Å². The maximum absolute atomic E-state index is 6.01. The van der Waals surface area contributed by atoms with E-state index in [1.807, 2.05) is 17.9 Å². The first-order valence-corrected chi connectivity index (χ1v) is 6.72. The Kier molecular flexibility index (Phi) is 3.92. The first-order valence-electron chi connectivity index (χ1n) is 6.72. The average molecular weight is 260 g/mol. The first kappa shape index (κ1) is 14.0. The molecule has 0 radical (unpaired) electrons. The van der Waals surface area contributed by atoms with E-state index in [4.69, 9.17) is 5.73 Å². The summed E-state index contributed by atoms with van der Waals surface area (Å²) in [5, 5.41) is 0. The fourth-order valence-corrected chi connectivity index (χ4v) is 2.15. The number of nitrogens with two attached hydrogens (primary N) is 1. The molecule has 0 bridgehead atoms. The van der Waals surface area contributed by atoms with Gasteiger partial charge in [0.15, 0.2) is 0 Å². The summed E-state index contributed by atoms with van der Waals surface area (Å²) in [6, 6.07) is 6.48. The van der Waals surface area contributed by atoms with E-state index in [0.29, 0.717) is 0 Å². The van der Waals surface area contributed by atoms with Gasteiger partial charge in [-0.15, -0.1) is 0 Å². The number of rotatable bonds is 5. The lowest BCUT2D eigenvalue weighted by atomic mass is 10.0.